The largest absolute Gasteiger partial charge is 0.399 e. The number of rotatable bonds is 4. The van der Waals surface area contributed by atoms with Gasteiger partial charge in [0.25, 0.3) is 0 Å². The highest BCUT2D eigenvalue weighted by atomic mass is 79.9. The standard InChI is InChI=1S/C15H14BrClN2O/c16-12-7-6-11(9-13(12)17)19-15(20)8-5-10-3-1-2-4-14(10)18/h1-4,6-7,9H,5,8,18H2,(H,19,20). The van der Waals surface area contributed by atoms with E-state index < -0.39 is 0 Å². The number of hydrogen-bond donors (Lipinski definition) is 2. The Labute approximate surface area is 131 Å². The minimum absolute atomic E-state index is 0.0633. The van der Waals surface area contributed by atoms with Crippen LogP contribution in [0.3, 0.4) is 0 Å². The molecule has 0 saturated carbocycles. The summed E-state index contributed by atoms with van der Waals surface area (Å²) < 4.78 is 0.800. The van der Waals surface area contributed by atoms with Crippen molar-refractivity contribution in [1.29, 1.82) is 0 Å². The van der Waals surface area contributed by atoms with Gasteiger partial charge in [-0.2, -0.15) is 0 Å². The van der Waals surface area contributed by atoms with E-state index in [0.717, 1.165) is 10.0 Å². The van der Waals surface area contributed by atoms with Crippen molar-refractivity contribution in [3.8, 4) is 0 Å². The van der Waals surface area contributed by atoms with Gasteiger partial charge in [0, 0.05) is 22.3 Å². The molecule has 0 saturated heterocycles. The Bertz CT molecular complexity index is 631. The van der Waals surface area contributed by atoms with E-state index in [1.165, 1.54) is 0 Å². The number of carbonyl (C=O) groups excluding carboxylic acids is 1. The van der Waals surface area contributed by atoms with E-state index in [2.05, 4.69) is 21.2 Å². The van der Waals surface area contributed by atoms with Gasteiger partial charge in [-0.05, 0) is 52.2 Å². The quantitative estimate of drug-likeness (QED) is 0.807. The molecule has 0 radical (unpaired) electrons. The average Bonchev–Trinajstić information content (AvgIpc) is 2.42. The summed E-state index contributed by atoms with van der Waals surface area (Å²) in [5, 5.41) is 3.38. The van der Waals surface area contributed by atoms with Crippen molar-refractivity contribution in [3.05, 3.63) is 57.5 Å². The second-order valence-electron chi connectivity index (χ2n) is 4.38. The van der Waals surface area contributed by atoms with Crippen LogP contribution >= 0.6 is 27.5 Å². The third-order valence-electron chi connectivity index (χ3n) is 2.88. The zero-order chi connectivity index (χ0) is 14.5. The molecule has 3 N–H and O–H groups in total. The predicted molar refractivity (Wildman–Crippen MR) is 87.0 cm³/mol. The van der Waals surface area contributed by atoms with Crippen LogP contribution in [0.2, 0.25) is 5.02 Å². The number of nitrogen functional groups attached to an aromatic ring is 1. The van der Waals surface area contributed by atoms with Crippen LogP contribution in [0, 0.1) is 0 Å². The number of para-hydroxylation sites is 1. The third kappa shape index (κ3) is 3.99. The highest BCUT2D eigenvalue weighted by molar-refractivity contribution is 9.10. The molecule has 0 bridgehead atoms. The van der Waals surface area contributed by atoms with E-state index in [1.54, 1.807) is 18.2 Å². The van der Waals surface area contributed by atoms with E-state index >= 15 is 0 Å². The number of anilines is 2. The zero-order valence-corrected chi connectivity index (χ0v) is 13.0. The lowest BCUT2D eigenvalue weighted by Crippen LogP contribution is -2.12. The van der Waals surface area contributed by atoms with Gasteiger partial charge in [0.1, 0.15) is 0 Å². The predicted octanol–water partition coefficient (Wildman–Crippen LogP) is 4.26. The van der Waals surface area contributed by atoms with E-state index in [4.69, 9.17) is 17.3 Å². The minimum atomic E-state index is -0.0633. The first-order valence-electron chi connectivity index (χ1n) is 6.14. The molecule has 0 fully saturated rings. The Balaban J connectivity index is 1.93. The Kier molecular flexibility index (Phi) is 5.04. The fourth-order valence-corrected chi connectivity index (χ4v) is 2.23. The molecule has 1 amide bonds. The van der Waals surface area contributed by atoms with Gasteiger partial charge in [-0.3, -0.25) is 4.79 Å². The van der Waals surface area contributed by atoms with E-state index in [0.29, 0.717) is 29.2 Å². The Hall–Kier alpha value is -1.52. The smallest absolute Gasteiger partial charge is 0.224 e. The molecule has 0 aliphatic carbocycles. The number of halogens is 2. The lowest BCUT2D eigenvalue weighted by Gasteiger charge is -2.07. The second kappa shape index (κ2) is 6.77. The first kappa shape index (κ1) is 14.9. The highest BCUT2D eigenvalue weighted by Gasteiger charge is 2.06. The van der Waals surface area contributed by atoms with E-state index in [9.17, 15) is 4.79 Å². The van der Waals surface area contributed by atoms with Crippen LogP contribution in [0.15, 0.2) is 46.9 Å². The van der Waals surface area contributed by atoms with Crippen molar-refractivity contribution in [1.82, 2.24) is 0 Å². The molecule has 0 aliphatic rings. The van der Waals surface area contributed by atoms with Gasteiger partial charge in [0.15, 0.2) is 0 Å². The first-order chi connectivity index (χ1) is 9.56. The molecule has 0 spiro atoms. The fraction of sp³-hybridized carbons (Fsp3) is 0.133. The lowest BCUT2D eigenvalue weighted by atomic mass is 10.1. The Morgan fingerprint density at radius 1 is 1.25 bits per heavy atom. The molecule has 0 atom stereocenters. The number of nitrogens with two attached hydrogens (primary N) is 1. The molecule has 0 aromatic heterocycles. The van der Waals surface area contributed by atoms with Crippen LogP contribution in [0.4, 0.5) is 11.4 Å². The maximum atomic E-state index is 11.9. The molecule has 104 valence electrons. The molecule has 20 heavy (non-hydrogen) atoms. The molecule has 3 nitrogen and oxygen atoms in total. The molecular weight excluding hydrogens is 340 g/mol. The van der Waals surface area contributed by atoms with Gasteiger partial charge >= 0.3 is 0 Å². The summed E-state index contributed by atoms with van der Waals surface area (Å²) in [6.07, 6.45) is 0.991. The van der Waals surface area contributed by atoms with Crippen molar-refractivity contribution in [3.63, 3.8) is 0 Å². The van der Waals surface area contributed by atoms with E-state index in [1.807, 2.05) is 24.3 Å². The molecule has 2 aromatic rings. The van der Waals surface area contributed by atoms with Crippen molar-refractivity contribution in [2.45, 2.75) is 12.8 Å². The number of nitrogens with one attached hydrogen (secondary N) is 1. The maximum absolute atomic E-state index is 11.9. The molecule has 0 unspecified atom stereocenters. The monoisotopic (exact) mass is 352 g/mol. The van der Waals surface area contributed by atoms with Gasteiger partial charge in [-0.15, -0.1) is 0 Å². The third-order valence-corrected chi connectivity index (χ3v) is 4.11. The number of benzene rings is 2. The Morgan fingerprint density at radius 2 is 2.00 bits per heavy atom. The summed E-state index contributed by atoms with van der Waals surface area (Å²) in [5.74, 6) is -0.0633. The minimum Gasteiger partial charge on any atom is -0.399 e. The van der Waals surface area contributed by atoms with Crippen molar-refractivity contribution in [2.24, 2.45) is 0 Å². The van der Waals surface area contributed by atoms with Crippen molar-refractivity contribution in [2.75, 3.05) is 11.1 Å². The highest BCUT2D eigenvalue weighted by Crippen LogP contribution is 2.25. The zero-order valence-electron chi connectivity index (χ0n) is 10.7. The number of carbonyl (C=O) groups is 1. The number of hydrogen-bond acceptors (Lipinski definition) is 2. The van der Waals surface area contributed by atoms with Gasteiger partial charge in [0.2, 0.25) is 5.91 Å². The Morgan fingerprint density at radius 3 is 2.70 bits per heavy atom. The summed E-state index contributed by atoms with van der Waals surface area (Å²) in [4.78, 5) is 11.9. The first-order valence-corrected chi connectivity index (χ1v) is 7.31. The lowest BCUT2D eigenvalue weighted by molar-refractivity contribution is -0.116. The van der Waals surface area contributed by atoms with Crippen LogP contribution < -0.4 is 11.1 Å². The van der Waals surface area contributed by atoms with Crippen molar-refractivity contribution < 1.29 is 4.79 Å². The maximum Gasteiger partial charge on any atom is 0.224 e. The summed E-state index contributed by atoms with van der Waals surface area (Å²) in [6.45, 7) is 0. The molecule has 5 heteroatoms. The topological polar surface area (TPSA) is 55.1 Å². The second-order valence-corrected chi connectivity index (χ2v) is 5.64. The molecule has 2 aromatic carbocycles. The normalized spacial score (nSPS) is 10.3. The van der Waals surface area contributed by atoms with Gasteiger partial charge < -0.3 is 11.1 Å². The fourth-order valence-electron chi connectivity index (χ4n) is 1.81. The number of aryl methyl sites for hydroxylation is 1. The summed E-state index contributed by atoms with van der Waals surface area (Å²) >= 11 is 9.28. The molecule has 2 rings (SSSR count). The SMILES string of the molecule is Nc1ccccc1CCC(=O)Nc1ccc(Br)c(Cl)c1. The summed E-state index contributed by atoms with van der Waals surface area (Å²) in [6, 6.07) is 12.9. The van der Waals surface area contributed by atoms with Gasteiger partial charge in [-0.25, -0.2) is 0 Å². The molecular formula is C15H14BrClN2O. The van der Waals surface area contributed by atoms with Crippen LogP contribution in [-0.4, -0.2) is 5.91 Å². The number of amides is 1. The van der Waals surface area contributed by atoms with Crippen LogP contribution in [-0.2, 0) is 11.2 Å². The van der Waals surface area contributed by atoms with E-state index in [-0.39, 0.29) is 5.91 Å². The van der Waals surface area contributed by atoms with Crippen molar-refractivity contribution >= 4 is 44.8 Å². The molecule has 0 aliphatic heterocycles. The average molecular weight is 354 g/mol. The molecule has 0 heterocycles. The van der Waals surface area contributed by atoms with Crippen LogP contribution in [0.5, 0.6) is 0 Å². The van der Waals surface area contributed by atoms with Gasteiger partial charge in [-0.1, -0.05) is 29.8 Å². The summed E-state index contributed by atoms with van der Waals surface area (Å²) in [5.41, 5.74) is 8.22. The summed E-state index contributed by atoms with van der Waals surface area (Å²) in [7, 11) is 0. The van der Waals surface area contributed by atoms with Crippen LogP contribution in [0.1, 0.15) is 12.0 Å². The van der Waals surface area contributed by atoms with Gasteiger partial charge in [0.05, 0.1) is 5.02 Å². The van der Waals surface area contributed by atoms with Crippen LogP contribution in [0.25, 0.3) is 0 Å².